The van der Waals surface area contributed by atoms with E-state index in [1.807, 2.05) is 6.07 Å². The van der Waals surface area contributed by atoms with Gasteiger partial charge in [0.1, 0.15) is 5.82 Å². The van der Waals surface area contributed by atoms with E-state index in [-0.39, 0.29) is 6.17 Å². The molecule has 0 bridgehead atoms. The van der Waals surface area contributed by atoms with Gasteiger partial charge in [-0.1, -0.05) is 0 Å². The van der Waals surface area contributed by atoms with Gasteiger partial charge in [-0.25, -0.2) is 9.97 Å². The molecule has 0 saturated carbocycles. The highest BCUT2D eigenvalue weighted by atomic mass is 15.3. The topological polar surface area (TPSA) is 67.1 Å². The fourth-order valence-electron chi connectivity index (χ4n) is 2.12. The minimum absolute atomic E-state index is 0.181. The van der Waals surface area contributed by atoms with Crippen LogP contribution in [0.2, 0.25) is 0 Å². The monoisotopic (exact) mass is 235 g/mol. The van der Waals surface area contributed by atoms with Crippen molar-refractivity contribution in [3.63, 3.8) is 0 Å². The van der Waals surface area contributed by atoms with Gasteiger partial charge in [-0.15, -0.1) is 0 Å². The smallest absolute Gasteiger partial charge is 0.128 e. The second-order valence-electron chi connectivity index (χ2n) is 4.41. The molecule has 1 fully saturated rings. The average Bonchev–Trinajstić information content (AvgIpc) is 2.41. The van der Waals surface area contributed by atoms with Crippen LogP contribution in [0.5, 0.6) is 0 Å². The van der Waals surface area contributed by atoms with Gasteiger partial charge in [0.15, 0.2) is 0 Å². The van der Waals surface area contributed by atoms with Crippen molar-refractivity contribution in [3.8, 4) is 0 Å². The molecule has 17 heavy (non-hydrogen) atoms. The normalized spacial score (nSPS) is 19.1. The lowest BCUT2D eigenvalue weighted by Crippen LogP contribution is -2.51. The highest BCUT2D eigenvalue weighted by molar-refractivity contribution is 4.88. The summed E-state index contributed by atoms with van der Waals surface area (Å²) in [5.74, 6) is 0.917. The average molecular weight is 235 g/mol. The number of rotatable bonds is 5. The number of hydrogen-bond donors (Lipinski definition) is 2. The highest BCUT2D eigenvalue weighted by Gasteiger charge is 2.16. The van der Waals surface area contributed by atoms with E-state index < -0.39 is 0 Å². The van der Waals surface area contributed by atoms with Gasteiger partial charge in [0.05, 0.1) is 6.17 Å². The fourth-order valence-corrected chi connectivity index (χ4v) is 2.12. The van der Waals surface area contributed by atoms with E-state index in [1.54, 1.807) is 12.4 Å². The van der Waals surface area contributed by atoms with Crippen molar-refractivity contribution >= 4 is 0 Å². The van der Waals surface area contributed by atoms with Gasteiger partial charge in [-0.05, 0) is 18.9 Å². The van der Waals surface area contributed by atoms with Gasteiger partial charge in [0, 0.05) is 45.0 Å². The Bertz CT molecular complexity index is 310. The van der Waals surface area contributed by atoms with Crippen LogP contribution < -0.4 is 11.1 Å². The Morgan fingerprint density at radius 1 is 1.29 bits per heavy atom. The molecule has 1 aromatic heterocycles. The third-order valence-corrected chi connectivity index (χ3v) is 3.14. The molecule has 1 atom stereocenters. The van der Waals surface area contributed by atoms with Crippen LogP contribution in [0, 0.1) is 0 Å². The Balaban J connectivity index is 1.67. The maximum Gasteiger partial charge on any atom is 0.128 e. The molecule has 1 aromatic rings. The summed E-state index contributed by atoms with van der Waals surface area (Å²) < 4.78 is 0. The second-order valence-corrected chi connectivity index (χ2v) is 4.41. The zero-order chi connectivity index (χ0) is 11.9. The van der Waals surface area contributed by atoms with Crippen LogP contribution in [-0.2, 0) is 6.42 Å². The molecule has 1 unspecified atom stereocenters. The molecular weight excluding hydrogens is 214 g/mol. The van der Waals surface area contributed by atoms with Crippen molar-refractivity contribution in [3.05, 3.63) is 24.3 Å². The molecule has 1 aliphatic rings. The predicted octanol–water partition coefficient (Wildman–Crippen LogP) is -0.0107. The lowest BCUT2D eigenvalue weighted by Gasteiger charge is -2.32. The van der Waals surface area contributed by atoms with Gasteiger partial charge in [-0.2, -0.15) is 0 Å². The number of nitrogens with one attached hydrogen (secondary N) is 1. The van der Waals surface area contributed by atoms with Crippen LogP contribution in [0.4, 0.5) is 0 Å². The predicted molar refractivity (Wildman–Crippen MR) is 67.4 cm³/mol. The fraction of sp³-hybridized carbons (Fsp3) is 0.667. The molecule has 2 rings (SSSR count). The van der Waals surface area contributed by atoms with Crippen molar-refractivity contribution in [2.75, 3.05) is 26.2 Å². The van der Waals surface area contributed by atoms with Crippen molar-refractivity contribution in [2.45, 2.75) is 25.4 Å². The molecule has 3 N–H and O–H groups in total. The van der Waals surface area contributed by atoms with Gasteiger partial charge < -0.3 is 11.1 Å². The summed E-state index contributed by atoms with van der Waals surface area (Å²) in [5.41, 5.74) is 6.17. The first kappa shape index (κ1) is 12.4. The summed E-state index contributed by atoms with van der Waals surface area (Å²) in [5, 5.41) is 3.33. The molecule has 0 spiro atoms. The maximum absolute atomic E-state index is 6.17. The van der Waals surface area contributed by atoms with E-state index >= 15 is 0 Å². The summed E-state index contributed by atoms with van der Waals surface area (Å²) >= 11 is 0. The van der Waals surface area contributed by atoms with Gasteiger partial charge in [-0.3, -0.25) is 4.90 Å². The molecule has 1 saturated heterocycles. The summed E-state index contributed by atoms with van der Waals surface area (Å²) in [4.78, 5) is 10.8. The van der Waals surface area contributed by atoms with Gasteiger partial charge >= 0.3 is 0 Å². The van der Waals surface area contributed by atoms with E-state index in [1.165, 1.54) is 0 Å². The van der Waals surface area contributed by atoms with E-state index in [2.05, 4.69) is 20.2 Å². The molecular formula is C12H21N5. The van der Waals surface area contributed by atoms with Crippen LogP contribution in [-0.4, -0.2) is 47.2 Å². The van der Waals surface area contributed by atoms with E-state index in [0.29, 0.717) is 0 Å². The molecule has 2 heterocycles. The van der Waals surface area contributed by atoms with Gasteiger partial charge in [0.2, 0.25) is 0 Å². The lowest BCUT2D eigenvalue weighted by molar-refractivity contribution is 0.166. The molecule has 0 aromatic carbocycles. The first-order chi connectivity index (χ1) is 8.36. The molecule has 5 heteroatoms. The minimum Gasteiger partial charge on any atom is -0.316 e. The zero-order valence-electron chi connectivity index (χ0n) is 10.2. The summed E-state index contributed by atoms with van der Waals surface area (Å²) in [6, 6.07) is 1.84. The standard InChI is InChI=1S/C12H21N5/c13-11(17-9-7-14-8-10-17)3-1-4-12-15-5-2-6-16-12/h2,5-6,11,14H,1,3-4,7-10,13H2. The van der Waals surface area contributed by atoms with Crippen LogP contribution in [0.15, 0.2) is 18.5 Å². The minimum atomic E-state index is 0.181. The van der Waals surface area contributed by atoms with Crippen molar-refractivity contribution in [2.24, 2.45) is 5.73 Å². The van der Waals surface area contributed by atoms with Crippen molar-refractivity contribution in [1.29, 1.82) is 0 Å². The first-order valence-corrected chi connectivity index (χ1v) is 6.32. The first-order valence-electron chi connectivity index (χ1n) is 6.32. The van der Waals surface area contributed by atoms with Crippen molar-refractivity contribution in [1.82, 2.24) is 20.2 Å². The Labute approximate surface area is 102 Å². The molecule has 0 amide bonds. The van der Waals surface area contributed by atoms with Crippen LogP contribution in [0.1, 0.15) is 18.7 Å². The summed E-state index contributed by atoms with van der Waals surface area (Å²) in [6.07, 6.45) is 6.74. The van der Waals surface area contributed by atoms with Gasteiger partial charge in [0.25, 0.3) is 0 Å². The Morgan fingerprint density at radius 2 is 2.00 bits per heavy atom. The molecule has 1 aliphatic heterocycles. The number of piperazine rings is 1. The highest BCUT2D eigenvalue weighted by Crippen LogP contribution is 2.05. The maximum atomic E-state index is 6.17. The molecule has 5 nitrogen and oxygen atoms in total. The van der Waals surface area contributed by atoms with E-state index in [0.717, 1.165) is 51.3 Å². The lowest BCUT2D eigenvalue weighted by atomic mass is 10.1. The molecule has 0 radical (unpaired) electrons. The number of nitrogens with zero attached hydrogens (tertiary/aromatic N) is 3. The Hall–Kier alpha value is -1.04. The SMILES string of the molecule is NC(CCCc1ncccn1)N1CCNCC1. The summed E-state index contributed by atoms with van der Waals surface area (Å²) in [6.45, 7) is 4.22. The number of aromatic nitrogens is 2. The molecule has 94 valence electrons. The van der Waals surface area contributed by atoms with Crippen molar-refractivity contribution < 1.29 is 0 Å². The van der Waals surface area contributed by atoms with E-state index in [9.17, 15) is 0 Å². The van der Waals surface area contributed by atoms with Crippen LogP contribution in [0.3, 0.4) is 0 Å². The second kappa shape index (κ2) is 6.64. The van der Waals surface area contributed by atoms with E-state index in [4.69, 9.17) is 5.73 Å². The van der Waals surface area contributed by atoms with Crippen LogP contribution >= 0.6 is 0 Å². The summed E-state index contributed by atoms with van der Waals surface area (Å²) in [7, 11) is 0. The zero-order valence-corrected chi connectivity index (χ0v) is 10.2. The Kier molecular flexibility index (Phi) is 4.85. The third kappa shape index (κ3) is 4.03. The quantitative estimate of drug-likeness (QED) is 0.751. The number of nitrogens with two attached hydrogens (primary N) is 1. The molecule has 0 aliphatic carbocycles. The van der Waals surface area contributed by atoms with Crippen LogP contribution in [0.25, 0.3) is 0 Å². The Morgan fingerprint density at radius 3 is 2.71 bits per heavy atom. The number of hydrogen-bond acceptors (Lipinski definition) is 5. The third-order valence-electron chi connectivity index (χ3n) is 3.14. The largest absolute Gasteiger partial charge is 0.316 e. The number of aryl methyl sites for hydroxylation is 1.